The number of fused-ring (bicyclic) bond motifs is 2. The van der Waals surface area contributed by atoms with E-state index in [0.29, 0.717) is 42.4 Å². The standard InChI is InChI=1S/C20H19N3O6/c1-12-4-5-22(13-2-3-15-16(8-13)29-11-28-15)19(25)17(12)18(24)21-6-7-23-14(9-21)10-27-20(23)26/h2-5,8,14H,6-7,9-11H2,1H3. The van der Waals surface area contributed by atoms with Crippen LogP contribution < -0.4 is 15.0 Å². The van der Waals surface area contributed by atoms with E-state index in [1.54, 1.807) is 47.2 Å². The molecule has 29 heavy (non-hydrogen) atoms. The topological polar surface area (TPSA) is 90.3 Å². The second-order valence-corrected chi connectivity index (χ2v) is 7.26. The highest BCUT2D eigenvalue weighted by Gasteiger charge is 2.39. The lowest BCUT2D eigenvalue weighted by molar-refractivity contribution is 0.0614. The number of pyridine rings is 1. The lowest BCUT2D eigenvalue weighted by atomic mass is 10.1. The Morgan fingerprint density at radius 1 is 1.07 bits per heavy atom. The van der Waals surface area contributed by atoms with Crippen molar-refractivity contribution in [1.29, 1.82) is 0 Å². The van der Waals surface area contributed by atoms with Crippen LogP contribution in [0.2, 0.25) is 0 Å². The van der Waals surface area contributed by atoms with Gasteiger partial charge in [-0.1, -0.05) is 0 Å². The SMILES string of the molecule is Cc1ccn(-c2ccc3c(c2)OCO3)c(=O)c1C(=O)N1CCN2C(=O)OCC2C1. The molecule has 2 saturated heterocycles. The van der Waals surface area contributed by atoms with Crippen LogP contribution in [-0.2, 0) is 4.74 Å². The van der Waals surface area contributed by atoms with Crippen LogP contribution in [0.1, 0.15) is 15.9 Å². The van der Waals surface area contributed by atoms with E-state index in [4.69, 9.17) is 14.2 Å². The Balaban J connectivity index is 1.48. The summed E-state index contributed by atoms with van der Waals surface area (Å²) >= 11 is 0. The number of carbonyl (C=O) groups excluding carboxylic acids is 2. The zero-order valence-electron chi connectivity index (χ0n) is 15.8. The highest BCUT2D eigenvalue weighted by molar-refractivity contribution is 5.95. The van der Waals surface area contributed by atoms with Gasteiger partial charge in [-0.3, -0.25) is 19.1 Å². The molecule has 1 aromatic heterocycles. The van der Waals surface area contributed by atoms with Crippen LogP contribution in [0.5, 0.6) is 11.5 Å². The Kier molecular flexibility index (Phi) is 3.97. The van der Waals surface area contributed by atoms with E-state index in [-0.39, 0.29) is 37.0 Å². The molecule has 0 spiro atoms. The average Bonchev–Trinajstić information content (AvgIpc) is 3.34. The van der Waals surface area contributed by atoms with Crippen molar-refractivity contribution in [3.8, 4) is 17.2 Å². The number of piperazine rings is 1. The van der Waals surface area contributed by atoms with Gasteiger partial charge in [-0.25, -0.2) is 4.79 Å². The number of aromatic nitrogens is 1. The quantitative estimate of drug-likeness (QED) is 0.755. The molecule has 1 unspecified atom stereocenters. The maximum atomic E-state index is 13.2. The fourth-order valence-corrected chi connectivity index (χ4v) is 3.96. The number of nitrogens with zero attached hydrogens (tertiary/aromatic N) is 3. The molecule has 4 heterocycles. The summed E-state index contributed by atoms with van der Waals surface area (Å²) in [5.41, 5.74) is 0.935. The smallest absolute Gasteiger partial charge is 0.410 e. The van der Waals surface area contributed by atoms with Gasteiger partial charge in [0.1, 0.15) is 12.2 Å². The number of ether oxygens (including phenoxy) is 3. The van der Waals surface area contributed by atoms with Crippen LogP contribution in [-0.4, -0.2) is 65.4 Å². The Labute approximate surface area is 166 Å². The van der Waals surface area contributed by atoms with Crippen LogP contribution in [0.15, 0.2) is 35.3 Å². The van der Waals surface area contributed by atoms with Gasteiger partial charge < -0.3 is 19.1 Å². The van der Waals surface area contributed by atoms with Gasteiger partial charge in [0, 0.05) is 31.9 Å². The number of carbonyl (C=O) groups is 2. The molecule has 1 aromatic carbocycles. The second kappa shape index (κ2) is 6.54. The van der Waals surface area contributed by atoms with E-state index in [1.807, 2.05) is 0 Å². The van der Waals surface area contributed by atoms with Gasteiger partial charge in [0.2, 0.25) is 6.79 Å². The molecular formula is C20H19N3O6. The highest BCUT2D eigenvalue weighted by atomic mass is 16.7. The van der Waals surface area contributed by atoms with E-state index in [0.717, 1.165) is 0 Å². The number of rotatable bonds is 2. The molecule has 9 heteroatoms. The first-order valence-corrected chi connectivity index (χ1v) is 9.38. The summed E-state index contributed by atoms with van der Waals surface area (Å²) in [7, 11) is 0. The summed E-state index contributed by atoms with van der Waals surface area (Å²) in [5, 5.41) is 0. The van der Waals surface area contributed by atoms with Crippen molar-refractivity contribution < 1.29 is 23.8 Å². The molecule has 0 radical (unpaired) electrons. The molecule has 150 valence electrons. The Bertz CT molecular complexity index is 1080. The Hall–Kier alpha value is -3.49. The van der Waals surface area contributed by atoms with E-state index in [1.165, 1.54) is 4.57 Å². The summed E-state index contributed by atoms with van der Waals surface area (Å²) in [6.45, 7) is 3.27. The zero-order valence-corrected chi connectivity index (χ0v) is 15.8. The summed E-state index contributed by atoms with van der Waals surface area (Å²) in [4.78, 5) is 41.3. The third-order valence-corrected chi connectivity index (χ3v) is 5.55. The largest absolute Gasteiger partial charge is 0.454 e. The second-order valence-electron chi connectivity index (χ2n) is 7.26. The van der Waals surface area contributed by atoms with Gasteiger partial charge in [0.05, 0.1) is 11.7 Å². The van der Waals surface area contributed by atoms with Crippen molar-refractivity contribution in [3.63, 3.8) is 0 Å². The molecule has 0 aliphatic carbocycles. The molecule has 3 aliphatic rings. The lowest BCUT2D eigenvalue weighted by Crippen LogP contribution is -2.54. The normalized spacial score (nSPS) is 19.9. The molecule has 2 amide bonds. The van der Waals surface area contributed by atoms with Gasteiger partial charge in [0.15, 0.2) is 11.5 Å². The summed E-state index contributed by atoms with van der Waals surface area (Å²) in [6.07, 6.45) is 1.30. The third kappa shape index (κ3) is 2.81. The molecule has 3 aliphatic heterocycles. The number of amides is 2. The monoisotopic (exact) mass is 397 g/mol. The molecule has 2 aromatic rings. The molecule has 1 atom stereocenters. The lowest BCUT2D eigenvalue weighted by Gasteiger charge is -2.35. The van der Waals surface area contributed by atoms with Crippen molar-refractivity contribution in [2.75, 3.05) is 33.0 Å². The highest BCUT2D eigenvalue weighted by Crippen LogP contribution is 2.33. The van der Waals surface area contributed by atoms with E-state index < -0.39 is 5.56 Å². The minimum atomic E-state index is -0.393. The van der Waals surface area contributed by atoms with Gasteiger partial charge in [-0.15, -0.1) is 0 Å². The predicted octanol–water partition coefficient (Wildman–Crippen LogP) is 1.15. The number of hydrogen-bond donors (Lipinski definition) is 0. The molecule has 0 N–H and O–H groups in total. The average molecular weight is 397 g/mol. The summed E-state index contributed by atoms with van der Waals surface area (Å²) < 4.78 is 17.2. The van der Waals surface area contributed by atoms with Gasteiger partial charge in [-0.05, 0) is 30.7 Å². The van der Waals surface area contributed by atoms with Crippen molar-refractivity contribution in [2.45, 2.75) is 13.0 Å². The summed E-state index contributed by atoms with van der Waals surface area (Å²) in [6, 6.07) is 6.78. The van der Waals surface area contributed by atoms with Crippen molar-refractivity contribution in [1.82, 2.24) is 14.4 Å². The van der Waals surface area contributed by atoms with Crippen molar-refractivity contribution in [2.24, 2.45) is 0 Å². The van der Waals surface area contributed by atoms with Gasteiger partial charge >= 0.3 is 6.09 Å². The first kappa shape index (κ1) is 17.6. The molecule has 0 bridgehead atoms. The molecule has 9 nitrogen and oxygen atoms in total. The molecular weight excluding hydrogens is 378 g/mol. The minimum absolute atomic E-state index is 0.129. The first-order valence-electron chi connectivity index (χ1n) is 9.38. The Morgan fingerprint density at radius 3 is 2.76 bits per heavy atom. The van der Waals surface area contributed by atoms with Crippen molar-refractivity contribution >= 4 is 12.0 Å². The van der Waals surface area contributed by atoms with Gasteiger partial charge in [-0.2, -0.15) is 0 Å². The van der Waals surface area contributed by atoms with Crippen molar-refractivity contribution in [3.05, 3.63) is 51.9 Å². The Morgan fingerprint density at radius 2 is 1.90 bits per heavy atom. The van der Waals surface area contributed by atoms with E-state index in [9.17, 15) is 14.4 Å². The number of benzene rings is 1. The first-order chi connectivity index (χ1) is 14.0. The van der Waals surface area contributed by atoms with Crippen LogP contribution in [0.4, 0.5) is 4.79 Å². The fraction of sp³-hybridized carbons (Fsp3) is 0.350. The van der Waals surface area contributed by atoms with Gasteiger partial charge in [0.25, 0.3) is 11.5 Å². The van der Waals surface area contributed by atoms with E-state index in [2.05, 4.69) is 0 Å². The minimum Gasteiger partial charge on any atom is -0.454 e. The number of hydrogen-bond acceptors (Lipinski definition) is 6. The zero-order chi connectivity index (χ0) is 20.1. The molecule has 0 saturated carbocycles. The number of aryl methyl sites for hydroxylation is 1. The molecule has 2 fully saturated rings. The third-order valence-electron chi connectivity index (χ3n) is 5.55. The predicted molar refractivity (Wildman–Crippen MR) is 101 cm³/mol. The summed E-state index contributed by atoms with van der Waals surface area (Å²) in [5.74, 6) is 0.850. The van der Waals surface area contributed by atoms with Crippen LogP contribution in [0.25, 0.3) is 5.69 Å². The van der Waals surface area contributed by atoms with E-state index >= 15 is 0 Å². The fourth-order valence-electron chi connectivity index (χ4n) is 3.96. The maximum Gasteiger partial charge on any atom is 0.410 e. The number of cyclic esters (lactones) is 1. The molecule has 5 rings (SSSR count). The van der Waals surface area contributed by atoms with Crippen LogP contribution in [0, 0.1) is 6.92 Å². The van der Waals surface area contributed by atoms with Crippen LogP contribution >= 0.6 is 0 Å². The van der Waals surface area contributed by atoms with Crippen LogP contribution in [0.3, 0.4) is 0 Å². The maximum absolute atomic E-state index is 13.2.